The maximum absolute atomic E-state index is 8.74. The van der Waals surface area contributed by atoms with Crippen molar-refractivity contribution < 1.29 is 17.5 Å². The molecule has 0 fully saturated rings. The van der Waals surface area contributed by atoms with Gasteiger partial charge in [-0.15, -0.1) is 0 Å². The Morgan fingerprint density at radius 2 is 1.56 bits per heavy atom. The Balaban J connectivity index is 0. The maximum atomic E-state index is 8.74. The molecule has 2 N–H and O–H groups in total. The second-order valence-corrected chi connectivity index (χ2v) is 4.26. The van der Waals surface area contributed by atoms with E-state index in [1.165, 1.54) is 2.82 Å². The molecule has 0 aromatic rings. The second-order valence-electron chi connectivity index (χ2n) is 1.65. The Morgan fingerprint density at radius 3 is 1.56 bits per heavy atom. The number of rotatable bonds is 0. The Morgan fingerprint density at radius 1 is 1.56 bits per heavy atom. The van der Waals surface area contributed by atoms with Crippen molar-refractivity contribution in [3.05, 3.63) is 9.40 Å². The van der Waals surface area contributed by atoms with Gasteiger partial charge in [0.05, 0.1) is 0 Å². The predicted molar refractivity (Wildman–Crippen MR) is 34.7 cm³/mol. The Kier molecular flexibility index (Phi) is 7.38. The molecule has 0 spiro atoms. The van der Waals surface area contributed by atoms with Gasteiger partial charge in [-0.2, -0.15) is 8.42 Å². The van der Waals surface area contributed by atoms with Crippen molar-refractivity contribution >= 4 is 38.3 Å². The molecule has 0 bridgehead atoms. The van der Waals surface area contributed by atoms with Gasteiger partial charge in [-0.25, -0.2) is 0 Å². The molecule has 0 saturated carbocycles. The fraction of sp³-hybridized carbons (Fsp3) is 0.333. The zero-order valence-electron chi connectivity index (χ0n) is 5.33. The molecule has 0 aromatic heterocycles. The summed E-state index contributed by atoms with van der Waals surface area (Å²) < 4.78 is 32.9. The van der Waals surface area contributed by atoms with Gasteiger partial charge in [0.15, 0.2) is 0 Å². The van der Waals surface area contributed by atoms with Crippen LogP contribution in [-0.2, 0) is 10.4 Å². The first-order chi connectivity index (χ1) is 3.73. The van der Waals surface area contributed by atoms with Crippen LogP contribution in [0.2, 0.25) is 0 Å². The Labute approximate surface area is 72.0 Å². The van der Waals surface area contributed by atoms with Gasteiger partial charge >= 0.3 is 54.7 Å². The van der Waals surface area contributed by atoms with Crippen molar-refractivity contribution in [3.63, 3.8) is 0 Å². The standard InChI is InChI=1S/C3H5.Na.H2O4S/c1-3-2;;1-5(2,3)4/h1H2,2H3;;(H2,1,2,3,4). The summed E-state index contributed by atoms with van der Waals surface area (Å²) in [6.45, 7) is 5.65. The van der Waals surface area contributed by atoms with E-state index in [1.54, 1.807) is 0 Å². The quantitative estimate of drug-likeness (QED) is 0.389. The van der Waals surface area contributed by atoms with E-state index in [-0.39, 0.29) is 0 Å². The third-order valence-corrected chi connectivity index (χ3v) is 0. The monoisotopic (exact) mass is 162 g/mol. The molecule has 0 rings (SSSR count). The molecular formula is C3H7NaO4S. The molecule has 0 aliphatic rings. The van der Waals surface area contributed by atoms with Crippen LogP contribution in [0.15, 0.2) is 9.40 Å². The molecule has 0 radical (unpaired) electrons. The van der Waals surface area contributed by atoms with E-state index in [0.717, 1.165) is 27.9 Å². The Bertz CT molecular complexity index is 158. The second kappa shape index (κ2) is 5.40. The molecule has 0 heterocycles. The summed E-state index contributed by atoms with van der Waals surface area (Å²) in [5.41, 5.74) is 0. The topological polar surface area (TPSA) is 74.6 Å². The maximum Gasteiger partial charge on any atom is 0.394 e. The summed E-state index contributed by atoms with van der Waals surface area (Å²) in [6.07, 6.45) is 0. The van der Waals surface area contributed by atoms with Crippen molar-refractivity contribution in [1.82, 2.24) is 0 Å². The third kappa shape index (κ3) is 1010. The summed E-state index contributed by atoms with van der Waals surface area (Å²) in [6, 6.07) is 0. The van der Waals surface area contributed by atoms with E-state index in [4.69, 9.17) is 17.5 Å². The smallest absolute Gasteiger partial charge is 0.264 e. The van der Waals surface area contributed by atoms with Crippen LogP contribution in [0.25, 0.3) is 0 Å². The van der Waals surface area contributed by atoms with Crippen LogP contribution < -0.4 is 0 Å². The molecule has 0 aliphatic carbocycles. The first-order valence-electron chi connectivity index (χ1n) is 2.05. The zero-order chi connectivity index (χ0) is 8.08. The summed E-state index contributed by atoms with van der Waals surface area (Å²) in [4.78, 5) is 0. The van der Waals surface area contributed by atoms with Gasteiger partial charge in [0, 0.05) is 0 Å². The number of hydrogen-bond acceptors (Lipinski definition) is 2. The fourth-order valence-electron chi connectivity index (χ4n) is 0. The zero-order valence-corrected chi connectivity index (χ0v) is 8.14. The SMILES string of the molecule is C=[C](C)[Na].O=S(=O)(O)O. The van der Waals surface area contributed by atoms with Crippen molar-refractivity contribution in [2.75, 3.05) is 0 Å². The first-order valence-corrected chi connectivity index (χ1v) is 4.45. The van der Waals surface area contributed by atoms with Gasteiger partial charge in [-0.3, -0.25) is 9.11 Å². The van der Waals surface area contributed by atoms with E-state index in [9.17, 15) is 0 Å². The van der Waals surface area contributed by atoms with E-state index in [2.05, 4.69) is 6.58 Å². The average molecular weight is 162 g/mol. The molecule has 0 saturated heterocycles. The molecule has 9 heavy (non-hydrogen) atoms. The summed E-state index contributed by atoms with van der Waals surface area (Å²) in [5.74, 6) is 0. The molecular weight excluding hydrogens is 155 g/mol. The molecule has 0 aliphatic heterocycles. The molecule has 0 unspecified atom stereocenters. The average Bonchev–Trinajstić information content (AvgIpc) is 1.19. The number of hydrogen-bond donors (Lipinski definition) is 2. The van der Waals surface area contributed by atoms with Crippen LogP contribution in [0.1, 0.15) is 6.92 Å². The van der Waals surface area contributed by atoms with Gasteiger partial charge < -0.3 is 0 Å². The van der Waals surface area contributed by atoms with E-state index in [0.29, 0.717) is 0 Å². The van der Waals surface area contributed by atoms with Crippen molar-refractivity contribution in [3.8, 4) is 0 Å². The van der Waals surface area contributed by atoms with Crippen molar-refractivity contribution in [1.29, 1.82) is 0 Å². The largest absolute Gasteiger partial charge is 0.394 e. The van der Waals surface area contributed by atoms with Crippen LogP contribution in [0.5, 0.6) is 0 Å². The molecule has 0 aromatic carbocycles. The molecule has 4 nitrogen and oxygen atoms in total. The molecule has 0 amide bonds. The third-order valence-electron chi connectivity index (χ3n) is 0. The molecule has 50 valence electrons. The fourth-order valence-corrected chi connectivity index (χ4v) is 0. The van der Waals surface area contributed by atoms with Crippen molar-refractivity contribution in [2.45, 2.75) is 6.92 Å². The van der Waals surface area contributed by atoms with Gasteiger partial charge in [0.1, 0.15) is 0 Å². The van der Waals surface area contributed by atoms with Crippen LogP contribution in [0, 0.1) is 0 Å². The molecule has 6 heteroatoms. The van der Waals surface area contributed by atoms with E-state index in [1.807, 2.05) is 6.92 Å². The predicted octanol–water partition coefficient (Wildman–Crippen LogP) is 0.0357. The van der Waals surface area contributed by atoms with Gasteiger partial charge in [0.25, 0.3) is 0 Å². The summed E-state index contributed by atoms with van der Waals surface area (Å²) in [7, 11) is -4.67. The first kappa shape index (κ1) is 12.3. The Hall–Kier alpha value is 0.610. The summed E-state index contributed by atoms with van der Waals surface area (Å²) >= 11 is 1.15. The van der Waals surface area contributed by atoms with Crippen LogP contribution in [0.4, 0.5) is 0 Å². The van der Waals surface area contributed by atoms with E-state index >= 15 is 0 Å². The number of allylic oxidation sites excluding steroid dienone is 1. The summed E-state index contributed by atoms with van der Waals surface area (Å²) in [5, 5.41) is 0. The van der Waals surface area contributed by atoms with Crippen LogP contribution >= 0.6 is 0 Å². The van der Waals surface area contributed by atoms with Gasteiger partial charge in [-0.05, 0) is 0 Å². The minimum atomic E-state index is -4.67. The normalized spacial score (nSPS) is 9.44. The minimum absolute atomic E-state index is 1.15. The van der Waals surface area contributed by atoms with Crippen LogP contribution in [-0.4, -0.2) is 45.5 Å². The van der Waals surface area contributed by atoms with Crippen molar-refractivity contribution in [2.24, 2.45) is 0 Å². The van der Waals surface area contributed by atoms with Gasteiger partial charge in [0.2, 0.25) is 0 Å². The van der Waals surface area contributed by atoms with Crippen LogP contribution in [0.3, 0.4) is 0 Å². The van der Waals surface area contributed by atoms with E-state index < -0.39 is 10.4 Å². The molecule has 0 atom stereocenters. The minimum Gasteiger partial charge on any atom is -0.264 e. The van der Waals surface area contributed by atoms with Gasteiger partial charge in [-0.1, -0.05) is 0 Å².